The first-order valence-electron chi connectivity index (χ1n) is 8.35. The SMILES string of the molecule is O=C(N1CCCC1)N1CC2(CC(Oc3cnccn3)CCO2)C1. The Morgan fingerprint density at radius 1 is 1.26 bits per heavy atom. The molecule has 0 bridgehead atoms. The second-order valence-corrected chi connectivity index (χ2v) is 6.64. The van der Waals surface area contributed by atoms with Crippen molar-refractivity contribution in [3.8, 4) is 5.88 Å². The predicted molar refractivity (Wildman–Crippen MR) is 82.1 cm³/mol. The molecule has 4 heterocycles. The third-order valence-corrected chi connectivity index (χ3v) is 4.88. The lowest BCUT2D eigenvalue weighted by molar-refractivity contribution is -0.174. The molecule has 1 spiro atoms. The molecule has 0 saturated carbocycles. The van der Waals surface area contributed by atoms with Gasteiger partial charge >= 0.3 is 6.03 Å². The number of hydrogen-bond donors (Lipinski definition) is 0. The fraction of sp³-hybridized carbons (Fsp3) is 0.688. The Hall–Kier alpha value is -1.89. The summed E-state index contributed by atoms with van der Waals surface area (Å²) in [6.45, 7) is 3.78. The maximum atomic E-state index is 12.4. The molecule has 1 aromatic rings. The van der Waals surface area contributed by atoms with Gasteiger partial charge in [0.25, 0.3) is 0 Å². The number of hydrogen-bond acceptors (Lipinski definition) is 5. The molecule has 23 heavy (non-hydrogen) atoms. The highest BCUT2D eigenvalue weighted by atomic mass is 16.5. The molecule has 7 heteroatoms. The summed E-state index contributed by atoms with van der Waals surface area (Å²) in [4.78, 5) is 24.4. The van der Waals surface area contributed by atoms with E-state index in [1.165, 1.54) is 0 Å². The predicted octanol–water partition coefficient (Wildman–Crippen LogP) is 1.30. The zero-order valence-electron chi connectivity index (χ0n) is 13.2. The molecule has 3 fully saturated rings. The van der Waals surface area contributed by atoms with Gasteiger partial charge in [-0.25, -0.2) is 9.78 Å². The Bertz CT molecular complexity index is 556. The minimum atomic E-state index is -0.236. The highest BCUT2D eigenvalue weighted by Crippen LogP contribution is 2.36. The summed E-state index contributed by atoms with van der Waals surface area (Å²) in [6.07, 6.45) is 8.85. The van der Waals surface area contributed by atoms with Crippen LogP contribution in [0.2, 0.25) is 0 Å². The van der Waals surface area contributed by atoms with Crippen LogP contribution in [0.1, 0.15) is 25.7 Å². The average molecular weight is 318 g/mol. The van der Waals surface area contributed by atoms with Crippen LogP contribution in [0.5, 0.6) is 5.88 Å². The van der Waals surface area contributed by atoms with Crippen LogP contribution in [0.3, 0.4) is 0 Å². The first-order chi connectivity index (χ1) is 11.2. The molecular weight excluding hydrogens is 296 g/mol. The molecule has 0 radical (unpaired) electrons. The van der Waals surface area contributed by atoms with Gasteiger partial charge in [-0.2, -0.15) is 0 Å². The van der Waals surface area contributed by atoms with Crippen molar-refractivity contribution in [3.05, 3.63) is 18.6 Å². The van der Waals surface area contributed by atoms with Crippen molar-refractivity contribution in [1.82, 2.24) is 19.8 Å². The first-order valence-corrected chi connectivity index (χ1v) is 8.35. The second-order valence-electron chi connectivity index (χ2n) is 6.64. The van der Waals surface area contributed by atoms with Crippen molar-refractivity contribution in [2.24, 2.45) is 0 Å². The van der Waals surface area contributed by atoms with Crippen LogP contribution in [0.25, 0.3) is 0 Å². The topological polar surface area (TPSA) is 67.8 Å². The first kappa shape index (κ1) is 14.7. The Kier molecular flexibility index (Phi) is 3.80. The summed E-state index contributed by atoms with van der Waals surface area (Å²) in [7, 11) is 0. The van der Waals surface area contributed by atoms with Crippen LogP contribution in [-0.2, 0) is 4.74 Å². The molecule has 1 unspecified atom stereocenters. The number of likely N-dealkylation sites (tertiary alicyclic amines) is 2. The van der Waals surface area contributed by atoms with Crippen LogP contribution < -0.4 is 4.74 Å². The standard InChI is InChI=1S/C16H22N4O3/c21-15(19-6-1-2-7-19)20-11-16(12-20)9-13(3-8-22-16)23-14-10-17-4-5-18-14/h4-5,10,13H,1-3,6-9,11-12H2. The molecular formula is C16H22N4O3. The monoisotopic (exact) mass is 318 g/mol. The van der Waals surface area contributed by atoms with E-state index < -0.39 is 0 Å². The molecule has 3 aliphatic heterocycles. The lowest BCUT2D eigenvalue weighted by Gasteiger charge is -2.53. The van der Waals surface area contributed by atoms with E-state index in [9.17, 15) is 4.79 Å². The van der Waals surface area contributed by atoms with Gasteiger partial charge in [-0.3, -0.25) is 4.98 Å². The quantitative estimate of drug-likeness (QED) is 0.822. The Morgan fingerprint density at radius 2 is 2.09 bits per heavy atom. The number of urea groups is 1. The summed E-state index contributed by atoms with van der Waals surface area (Å²) < 4.78 is 11.9. The summed E-state index contributed by atoms with van der Waals surface area (Å²) in [5.74, 6) is 0.555. The average Bonchev–Trinajstić information content (AvgIpc) is 3.07. The fourth-order valence-electron chi connectivity index (χ4n) is 3.71. The van der Waals surface area contributed by atoms with Crippen molar-refractivity contribution in [3.63, 3.8) is 0 Å². The Labute approximate surface area is 135 Å². The molecule has 2 amide bonds. The third kappa shape index (κ3) is 2.97. The maximum absolute atomic E-state index is 12.4. The number of ether oxygens (including phenoxy) is 2. The van der Waals surface area contributed by atoms with Crippen molar-refractivity contribution in [2.75, 3.05) is 32.8 Å². The van der Waals surface area contributed by atoms with E-state index >= 15 is 0 Å². The van der Waals surface area contributed by atoms with Gasteiger partial charge in [-0.1, -0.05) is 0 Å². The summed E-state index contributed by atoms with van der Waals surface area (Å²) in [6, 6.07) is 0.161. The van der Waals surface area contributed by atoms with Gasteiger partial charge in [0.2, 0.25) is 5.88 Å². The smallest absolute Gasteiger partial charge is 0.320 e. The van der Waals surface area contributed by atoms with Gasteiger partial charge in [0.1, 0.15) is 11.7 Å². The molecule has 3 saturated heterocycles. The van der Waals surface area contributed by atoms with E-state index in [2.05, 4.69) is 9.97 Å². The molecule has 4 rings (SSSR count). The van der Waals surface area contributed by atoms with Gasteiger partial charge < -0.3 is 19.3 Å². The molecule has 7 nitrogen and oxygen atoms in total. The van der Waals surface area contributed by atoms with Gasteiger partial charge in [0.15, 0.2) is 0 Å². The second kappa shape index (κ2) is 5.96. The fourth-order valence-corrected chi connectivity index (χ4v) is 3.71. The zero-order chi connectivity index (χ0) is 15.7. The van der Waals surface area contributed by atoms with Crippen LogP contribution in [0.15, 0.2) is 18.6 Å². The van der Waals surface area contributed by atoms with E-state index in [0.29, 0.717) is 25.6 Å². The molecule has 3 aliphatic rings. The number of carbonyl (C=O) groups excluding carboxylic acids is 1. The molecule has 0 N–H and O–H groups in total. The van der Waals surface area contributed by atoms with Crippen molar-refractivity contribution in [2.45, 2.75) is 37.4 Å². The summed E-state index contributed by atoms with van der Waals surface area (Å²) in [5, 5.41) is 0. The number of carbonyl (C=O) groups is 1. The van der Waals surface area contributed by atoms with Gasteiger partial charge in [-0.15, -0.1) is 0 Å². The lowest BCUT2D eigenvalue weighted by atomic mass is 9.85. The molecule has 1 atom stereocenters. The van der Waals surface area contributed by atoms with Gasteiger partial charge in [-0.05, 0) is 12.8 Å². The highest BCUT2D eigenvalue weighted by Gasteiger charge is 2.50. The maximum Gasteiger partial charge on any atom is 0.320 e. The van der Waals surface area contributed by atoms with E-state index in [1.807, 2.05) is 9.80 Å². The van der Waals surface area contributed by atoms with E-state index in [-0.39, 0.29) is 17.7 Å². The highest BCUT2D eigenvalue weighted by molar-refractivity contribution is 5.76. The Balaban J connectivity index is 1.32. The zero-order valence-corrected chi connectivity index (χ0v) is 13.2. The molecule has 0 aromatic carbocycles. The molecule has 1 aromatic heterocycles. The number of aromatic nitrogens is 2. The summed E-state index contributed by atoms with van der Waals surface area (Å²) in [5.41, 5.74) is -0.236. The van der Waals surface area contributed by atoms with Crippen LogP contribution in [0, 0.1) is 0 Å². The van der Waals surface area contributed by atoms with E-state index in [1.54, 1.807) is 18.6 Å². The Morgan fingerprint density at radius 3 is 2.83 bits per heavy atom. The van der Waals surface area contributed by atoms with Crippen LogP contribution in [0.4, 0.5) is 4.79 Å². The van der Waals surface area contributed by atoms with E-state index in [0.717, 1.165) is 38.8 Å². The van der Waals surface area contributed by atoms with E-state index in [4.69, 9.17) is 9.47 Å². The van der Waals surface area contributed by atoms with Crippen LogP contribution >= 0.6 is 0 Å². The number of amides is 2. The largest absolute Gasteiger partial charge is 0.473 e. The third-order valence-electron chi connectivity index (χ3n) is 4.88. The molecule has 124 valence electrons. The van der Waals surface area contributed by atoms with Crippen molar-refractivity contribution in [1.29, 1.82) is 0 Å². The minimum absolute atomic E-state index is 0.0736. The van der Waals surface area contributed by atoms with Gasteiger partial charge in [0, 0.05) is 38.3 Å². The minimum Gasteiger partial charge on any atom is -0.473 e. The number of nitrogens with zero attached hydrogens (tertiary/aromatic N) is 4. The lowest BCUT2D eigenvalue weighted by Crippen LogP contribution is -2.69. The van der Waals surface area contributed by atoms with Gasteiger partial charge in [0.05, 0.1) is 25.9 Å². The normalized spacial score (nSPS) is 26.2. The van der Waals surface area contributed by atoms with Crippen molar-refractivity contribution >= 4 is 6.03 Å². The summed E-state index contributed by atoms with van der Waals surface area (Å²) >= 11 is 0. The van der Waals surface area contributed by atoms with Crippen LogP contribution in [-0.4, -0.2) is 70.3 Å². The number of rotatable bonds is 2. The molecule has 0 aliphatic carbocycles. The van der Waals surface area contributed by atoms with Crippen molar-refractivity contribution < 1.29 is 14.3 Å².